The van der Waals surface area contributed by atoms with Crippen LogP contribution in [-0.2, 0) is 0 Å². The van der Waals surface area contributed by atoms with Gasteiger partial charge >= 0.3 is 5.97 Å². The Kier molecular flexibility index (Phi) is 3.86. The highest BCUT2D eigenvalue weighted by atomic mass is 35.5. The van der Waals surface area contributed by atoms with E-state index in [9.17, 15) is 14.4 Å². The third-order valence-corrected chi connectivity index (χ3v) is 2.82. The second-order valence-electron chi connectivity index (χ2n) is 3.90. The molecule has 20 heavy (non-hydrogen) atoms. The van der Waals surface area contributed by atoms with Crippen LogP contribution in [0.15, 0.2) is 41.3 Å². The predicted octanol–water partition coefficient (Wildman–Crippen LogP) is 1.98. The number of anilines is 1. The summed E-state index contributed by atoms with van der Waals surface area (Å²) in [5.41, 5.74) is 0.248. The molecule has 3 N–H and O–H groups in total. The topological polar surface area (TPSA) is 99.3 Å². The Labute approximate surface area is 118 Å². The van der Waals surface area contributed by atoms with Gasteiger partial charge in [-0.05, 0) is 24.3 Å². The van der Waals surface area contributed by atoms with Gasteiger partial charge in [0, 0.05) is 12.3 Å². The lowest BCUT2D eigenvalue weighted by molar-refractivity contribution is 0.0696. The third kappa shape index (κ3) is 3.04. The molecule has 1 aromatic carbocycles. The van der Waals surface area contributed by atoms with Crippen LogP contribution in [0.25, 0.3) is 0 Å². The maximum Gasteiger partial charge on any atom is 0.335 e. The first kappa shape index (κ1) is 13.8. The lowest BCUT2D eigenvalue weighted by Crippen LogP contribution is -2.15. The van der Waals surface area contributed by atoms with E-state index in [1.165, 1.54) is 36.5 Å². The molecule has 0 fully saturated rings. The number of H-pyrrole nitrogens is 1. The molecule has 7 heteroatoms. The van der Waals surface area contributed by atoms with Crippen molar-refractivity contribution in [3.8, 4) is 0 Å². The van der Waals surface area contributed by atoms with Gasteiger partial charge in [0.15, 0.2) is 0 Å². The molecule has 1 heterocycles. The van der Waals surface area contributed by atoms with E-state index in [4.69, 9.17) is 16.7 Å². The predicted molar refractivity (Wildman–Crippen MR) is 73.4 cm³/mol. The molecule has 1 aromatic heterocycles. The maximum absolute atomic E-state index is 11.9. The second-order valence-corrected chi connectivity index (χ2v) is 4.30. The summed E-state index contributed by atoms with van der Waals surface area (Å²) in [6.45, 7) is 0. The molecule has 0 aliphatic carbocycles. The molecular formula is C13H9ClN2O4. The molecule has 0 radical (unpaired) electrons. The minimum atomic E-state index is -1.11. The van der Waals surface area contributed by atoms with E-state index in [2.05, 4.69) is 10.3 Å². The quantitative estimate of drug-likeness (QED) is 0.805. The Balaban J connectivity index is 2.21. The van der Waals surface area contributed by atoms with Crippen molar-refractivity contribution in [1.29, 1.82) is 0 Å². The first-order valence-electron chi connectivity index (χ1n) is 5.50. The average molecular weight is 293 g/mol. The molecule has 0 saturated heterocycles. The molecule has 0 atom stereocenters. The van der Waals surface area contributed by atoms with Crippen molar-refractivity contribution in [3.63, 3.8) is 0 Å². The highest BCUT2D eigenvalue weighted by Crippen LogP contribution is 2.23. The zero-order chi connectivity index (χ0) is 14.7. The molecule has 0 saturated carbocycles. The fraction of sp³-hybridized carbons (Fsp3) is 0. The van der Waals surface area contributed by atoms with Crippen molar-refractivity contribution in [1.82, 2.24) is 4.98 Å². The Morgan fingerprint density at radius 1 is 1.15 bits per heavy atom. The fourth-order valence-electron chi connectivity index (χ4n) is 1.50. The number of carbonyl (C=O) groups excluding carboxylic acids is 1. The van der Waals surface area contributed by atoms with Crippen LogP contribution in [0.1, 0.15) is 20.7 Å². The molecule has 6 nitrogen and oxygen atoms in total. The highest BCUT2D eigenvalue weighted by Gasteiger charge is 2.11. The van der Waals surface area contributed by atoms with E-state index in [0.29, 0.717) is 0 Å². The lowest BCUT2D eigenvalue weighted by atomic mass is 10.2. The third-order valence-electron chi connectivity index (χ3n) is 2.51. The minimum absolute atomic E-state index is 0.0250. The summed E-state index contributed by atoms with van der Waals surface area (Å²) in [7, 11) is 0. The van der Waals surface area contributed by atoms with Crippen molar-refractivity contribution in [2.75, 3.05) is 5.32 Å². The number of amides is 1. The summed E-state index contributed by atoms with van der Waals surface area (Å²) in [5, 5.41) is 11.4. The molecule has 1 amide bonds. The molecule has 0 unspecified atom stereocenters. The number of carboxylic acids is 1. The van der Waals surface area contributed by atoms with Crippen molar-refractivity contribution in [2.24, 2.45) is 0 Å². The molecule has 2 rings (SSSR count). The monoisotopic (exact) mass is 292 g/mol. The first-order valence-corrected chi connectivity index (χ1v) is 5.88. The van der Waals surface area contributed by atoms with Gasteiger partial charge in [-0.2, -0.15) is 0 Å². The number of nitrogens with one attached hydrogen (secondary N) is 2. The van der Waals surface area contributed by atoms with Crippen LogP contribution < -0.4 is 10.9 Å². The molecule has 2 aromatic rings. The van der Waals surface area contributed by atoms with Gasteiger partial charge in [-0.3, -0.25) is 9.59 Å². The average Bonchev–Trinajstić information content (AvgIpc) is 2.41. The van der Waals surface area contributed by atoms with Crippen LogP contribution in [-0.4, -0.2) is 22.0 Å². The summed E-state index contributed by atoms with van der Waals surface area (Å²) in [5.74, 6) is -1.57. The van der Waals surface area contributed by atoms with E-state index >= 15 is 0 Å². The van der Waals surface area contributed by atoms with Gasteiger partial charge in [-0.25, -0.2) is 4.79 Å². The van der Waals surface area contributed by atoms with Gasteiger partial charge in [0.25, 0.3) is 5.91 Å². The van der Waals surface area contributed by atoms with Crippen LogP contribution in [0.3, 0.4) is 0 Å². The van der Waals surface area contributed by atoms with Gasteiger partial charge < -0.3 is 15.4 Å². The molecule has 102 valence electrons. The number of halogens is 1. The number of pyridine rings is 1. The number of carbonyl (C=O) groups is 2. The van der Waals surface area contributed by atoms with Crippen LogP contribution in [0.2, 0.25) is 5.02 Å². The largest absolute Gasteiger partial charge is 0.478 e. The molecule has 0 aliphatic heterocycles. The van der Waals surface area contributed by atoms with E-state index in [1.807, 2.05) is 0 Å². The number of hydrogen-bond donors (Lipinski definition) is 3. The lowest BCUT2D eigenvalue weighted by Gasteiger charge is -2.07. The Bertz CT molecular complexity index is 719. The van der Waals surface area contributed by atoms with E-state index < -0.39 is 11.9 Å². The Morgan fingerprint density at radius 3 is 2.40 bits per heavy atom. The van der Waals surface area contributed by atoms with Crippen LogP contribution in [0.5, 0.6) is 0 Å². The molecule has 0 spiro atoms. The number of rotatable bonds is 3. The summed E-state index contributed by atoms with van der Waals surface area (Å²) in [6.07, 6.45) is 1.27. The van der Waals surface area contributed by atoms with Crippen LogP contribution >= 0.6 is 11.6 Å². The fourth-order valence-corrected chi connectivity index (χ4v) is 1.72. The first-order chi connectivity index (χ1) is 9.47. The van der Waals surface area contributed by atoms with Gasteiger partial charge in [0.1, 0.15) is 0 Å². The number of aromatic amines is 1. The summed E-state index contributed by atoms with van der Waals surface area (Å²) >= 11 is 5.89. The van der Waals surface area contributed by atoms with E-state index in [0.717, 1.165) is 0 Å². The number of hydrogen-bond acceptors (Lipinski definition) is 3. The van der Waals surface area contributed by atoms with Gasteiger partial charge in [-0.1, -0.05) is 11.6 Å². The number of carboxylic acid groups (broad SMARTS) is 1. The highest BCUT2D eigenvalue weighted by molar-refractivity contribution is 6.34. The smallest absolute Gasteiger partial charge is 0.335 e. The standard InChI is InChI=1S/C13H9ClN2O4/c14-9-5-7(13(19)20)1-3-10(9)16-12(18)8-2-4-11(17)15-6-8/h1-6H,(H,15,17)(H,16,18)(H,19,20). The second kappa shape index (κ2) is 5.58. The van der Waals surface area contributed by atoms with Gasteiger partial charge in [0.2, 0.25) is 5.56 Å². The number of aromatic nitrogens is 1. The zero-order valence-corrected chi connectivity index (χ0v) is 10.8. The van der Waals surface area contributed by atoms with Crippen LogP contribution in [0, 0.1) is 0 Å². The van der Waals surface area contributed by atoms with Crippen LogP contribution in [0.4, 0.5) is 5.69 Å². The normalized spacial score (nSPS) is 10.1. The summed E-state index contributed by atoms with van der Waals surface area (Å²) in [6, 6.07) is 6.57. The molecule has 0 bridgehead atoms. The Hall–Kier alpha value is -2.60. The summed E-state index contributed by atoms with van der Waals surface area (Å²) in [4.78, 5) is 35.9. The van der Waals surface area contributed by atoms with Crippen molar-refractivity contribution in [3.05, 3.63) is 63.0 Å². The van der Waals surface area contributed by atoms with E-state index in [-0.39, 0.29) is 27.4 Å². The molecule has 0 aliphatic rings. The zero-order valence-electron chi connectivity index (χ0n) is 10.0. The SMILES string of the molecule is O=C(O)c1ccc(NC(=O)c2ccc(=O)[nH]c2)c(Cl)c1. The van der Waals surface area contributed by atoms with Gasteiger partial charge in [-0.15, -0.1) is 0 Å². The minimum Gasteiger partial charge on any atom is -0.478 e. The number of benzene rings is 1. The van der Waals surface area contributed by atoms with Crippen molar-refractivity contribution >= 4 is 29.2 Å². The number of aromatic carboxylic acids is 1. The van der Waals surface area contributed by atoms with Gasteiger partial charge in [0.05, 0.1) is 21.8 Å². The van der Waals surface area contributed by atoms with E-state index in [1.54, 1.807) is 0 Å². The van der Waals surface area contributed by atoms with Crippen molar-refractivity contribution < 1.29 is 14.7 Å². The maximum atomic E-state index is 11.9. The Morgan fingerprint density at radius 2 is 1.85 bits per heavy atom. The summed E-state index contributed by atoms with van der Waals surface area (Å²) < 4.78 is 0. The molecular weight excluding hydrogens is 284 g/mol. The van der Waals surface area contributed by atoms with Crippen molar-refractivity contribution in [2.45, 2.75) is 0 Å².